The maximum Gasteiger partial charge on any atom is 0.296 e. The molecule has 5 rings (SSSR count). The van der Waals surface area contributed by atoms with E-state index in [0.29, 0.717) is 29.5 Å². The Morgan fingerprint density at radius 2 is 1.22 bits per heavy atom. The largest absolute Gasteiger partial charge is 0.497 e. The first-order chi connectivity index (χ1) is 23.9. The van der Waals surface area contributed by atoms with Gasteiger partial charge in [-0.1, -0.05) is 31.9 Å². The van der Waals surface area contributed by atoms with Crippen LogP contribution in [0.3, 0.4) is 0 Å². The van der Waals surface area contributed by atoms with Gasteiger partial charge in [0.25, 0.3) is 11.1 Å². The fourth-order valence-corrected chi connectivity index (χ4v) is 5.31. The SMILES string of the molecule is CCCCCn1c(=C=Nc2c(OC)cc(OC)cc2OC)o/c(=C/c2ccc(N(c3ccc(OC)cc3)c3ccc(OC)cc3)cc2)c1=O. The molecule has 0 bridgehead atoms. The molecule has 0 aliphatic carbocycles. The number of ether oxygens (including phenoxy) is 5. The molecule has 1 heterocycles. The molecule has 0 unspecified atom stereocenters. The summed E-state index contributed by atoms with van der Waals surface area (Å²) < 4.78 is 34.8. The van der Waals surface area contributed by atoms with Crippen LogP contribution in [0.15, 0.2) is 99.1 Å². The third-order valence-electron chi connectivity index (χ3n) is 7.96. The van der Waals surface area contributed by atoms with Crippen molar-refractivity contribution in [2.45, 2.75) is 32.7 Å². The van der Waals surface area contributed by atoms with Crippen LogP contribution in [0.2, 0.25) is 0 Å². The highest BCUT2D eigenvalue weighted by Gasteiger charge is 2.15. The fraction of sp³-hybridized carbons (Fsp3) is 0.256. The molecular formula is C39H41N3O7. The summed E-state index contributed by atoms with van der Waals surface area (Å²) in [5, 5.41) is 0. The summed E-state index contributed by atoms with van der Waals surface area (Å²) in [7, 11) is 7.92. The molecule has 0 aliphatic rings. The van der Waals surface area contributed by atoms with Crippen LogP contribution >= 0.6 is 0 Å². The zero-order chi connectivity index (χ0) is 34.8. The van der Waals surface area contributed by atoms with Crippen LogP contribution in [0, 0.1) is 0 Å². The maximum atomic E-state index is 13.6. The highest BCUT2D eigenvalue weighted by Crippen LogP contribution is 2.41. The van der Waals surface area contributed by atoms with Gasteiger partial charge in [-0.05, 0) is 78.7 Å². The molecule has 10 heteroatoms. The van der Waals surface area contributed by atoms with Crippen LogP contribution in [0.25, 0.3) is 6.08 Å². The molecule has 0 amide bonds. The minimum Gasteiger partial charge on any atom is -0.497 e. The Balaban J connectivity index is 1.57. The molecule has 0 N–H and O–H groups in total. The van der Waals surface area contributed by atoms with Crippen molar-refractivity contribution in [3.8, 4) is 28.7 Å². The van der Waals surface area contributed by atoms with Gasteiger partial charge < -0.3 is 33.0 Å². The standard InChI is InChI=1S/C39H41N3O7/c1-7-8-9-22-41-37(26-40-38-34(47-5)24-33(46-4)25-35(38)48-6)49-36(39(41)43)23-27-10-12-28(13-11-27)42(29-14-18-31(44-2)19-15-29)30-16-20-32(45-3)21-17-30/h10-21,23-25H,7-9,22H2,1-6H3/b36-23+. The number of aliphatic imine (C=N–C) groups is 1. The van der Waals surface area contributed by atoms with Crippen LogP contribution in [-0.4, -0.2) is 46.0 Å². The molecule has 10 nitrogen and oxygen atoms in total. The minimum absolute atomic E-state index is 0.178. The minimum atomic E-state index is -0.260. The van der Waals surface area contributed by atoms with Gasteiger partial charge in [-0.2, -0.15) is 4.99 Å². The zero-order valence-electron chi connectivity index (χ0n) is 28.7. The number of nitrogens with zero attached hydrogens (tertiary/aromatic N) is 3. The molecule has 254 valence electrons. The van der Waals surface area contributed by atoms with E-state index in [1.165, 1.54) is 14.2 Å². The summed E-state index contributed by atoms with van der Waals surface area (Å²) in [6.07, 6.45) is 4.51. The summed E-state index contributed by atoms with van der Waals surface area (Å²) >= 11 is 0. The number of anilines is 3. The van der Waals surface area contributed by atoms with Crippen LogP contribution in [0.4, 0.5) is 22.7 Å². The van der Waals surface area contributed by atoms with Gasteiger partial charge in [0.05, 0.1) is 41.4 Å². The van der Waals surface area contributed by atoms with E-state index < -0.39 is 0 Å². The van der Waals surface area contributed by atoms with Crippen molar-refractivity contribution in [1.82, 2.24) is 4.57 Å². The van der Waals surface area contributed by atoms with Gasteiger partial charge in [0.15, 0.2) is 22.6 Å². The van der Waals surface area contributed by atoms with Gasteiger partial charge in [0.2, 0.25) is 0 Å². The summed E-state index contributed by atoms with van der Waals surface area (Å²) in [5.41, 5.74) is 4.14. The normalized spacial score (nSPS) is 11.1. The van der Waals surface area contributed by atoms with Crippen LogP contribution in [0.5, 0.6) is 28.7 Å². The van der Waals surface area contributed by atoms with Crippen molar-refractivity contribution in [3.63, 3.8) is 0 Å². The Morgan fingerprint density at radius 1 is 0.714 bits per heavy atom. The number of hydrogen-bond acceptors (Lipinski definition) is 9. The summed E-state index contributed by atoms with van der Waals surface area (Å²) in [4.78, 5) is 20.3. The second-order valence-corrected chi connectivity index (χ2v) is 11.0. The smallest absolute Gasteiger partial charge is 0.296 e. The Morgan fingerprint density at radius 3 is 1.69 bits per heavy atom. The lowest BCUT2D eigenvalue weighted by atomic mass is 10.1. The van der Waals surface area contributed by atoms with Gasteiger partial charge in [-0.3, -0.25) is 9.36 Å². The molecule has 1 aromatic heterocycles. The average molecular weight is 664 g/mol. The lowest BCUT2D eigenvalue weighted by Crippen LogP contribution is -2.31. The summed E-state index contributed by atoms with van der Waals surface area (Å²) in [5.74, 6) is 5.90. The molecule has 0 saturated heterocycles. The zero-order valence-corrected chi connectivity index (χ0v) is 28.7. The molecule has 0 atom stereocenters. The van der Waals surface area contributed by atoms with E-state index in [1.54, 1.807) is 44.1 Å². The number of benzene rings is 4. The summed E-state index contributed by atoms with van der Waals surface area (Å²) in [6.45, 7) is 2.58. The topological polar surface area (TPSA) is 96.9 Å². The van der Waals surface area contributed by atoms with E-state index in [-0.39, 0.29) is 16.5 Å². The maximum absolute atomic E-state index is 13.6. The number of oxazole rings is 1. The van der Waals surface area contributed by atoms with E-state index >= 15 is 0 Å². The number of unbranched alkanes of at least 4 members (excludes halogenated alkanes) is 2. The monoisotopic (exact) mass is 663 g/mol. The van der Waals surface area contributed by atoms with Crippen molar-refractivity contribution in [2.75, 3.05) is 40.4 Å². The predicted molar refractivity (Wildman–Crippen MR) is 192 cm³/mol. The van der Waals surface area contributed by atoms with Gasteiger partial charge >= 0.3 is 0 Å². The van der Waals surface area contributed by atoms with Crippen molar-refractivity contribution < 1.29 is 28.1 Å². The Hall–Kier alpha value is -5.86. The molecule has 0 fully saturated rings. The lowest BCUT2D eigenvalue weighted by Gasteiger charge is -2.26. The van der Waals surface area contributed by atoms with Crippen molar-refractivity contribution >= 4 is 34.7 Å². The second-order valence-electron chi connectivity index (χ2n) is 11.0. The van der Waals surface area contributed by atoms with E-state index in [1.807, 2.05) is 72.8 Å². The number of rotatable bonds is 14. The highest BCUT2D eigenvalue weighted by atomic mass is 16.5. The van der Waals surface area contributed by atoms with Gasteiger partial charge in [0, 0.05) is 35.7 Å². The Bertz CT molecular complexity index is 1990. The third kappa shape index (κ3) is 8.00. The first-order valence-corrected chi connectivity index (χ1v) is 16.0. The van der Waals surface area contributed by atoms with Crippen molar-refractivity contribution in [3.05, 3.63) is 112 Å². The molecule has 0 spiro atoms. The van der Waals surface area contributed by atoms with Gasteiger partial charge in [0.1, 0.15) is 17.2 Å². The Kier molecular flexibility index (Phi) is 11.5. The van der Waals surface area contributed by atoms with Crippen LogP contribution < -0.4 is 45.1 Å². The van der Waals surface area contributed by atoms with Gasteiger partial charge in [-0.15, -0.1) is 0 Å². The molecule has 49 heavy (non-hydrogen) atoms. The van der Waals surface area contributed by atoms with E-state index in [0.717, 1.165) is 53.4 Å². The van der Waals surface area contributed by atoms with E-state index in [4.69, 9.17) is 28.1 Å². The van der Waals surface area contributed by atoms with Crippen LogP contribution in [-0.2, 0) is 6.54 Å². The number of hydrogen-bond donors (Lipinski definition) is 0. The fourth-order valence-electron chi connectivity index (χ4n) is 5.31. The van der Waals surface area contributed by atoms with Crippen molar-refractivity contribution in [2.24, 2.45) is 4.99 Å². The predicted octanol–water partition coefficient (Wildman–Crippen LogP) is 6.65. The van der Waals surface area contributed by atoms with Crippen LogP contribution in [0.1, 0.15) is 31.7 Å². The molecule has 5 aromatic rings. The molecule has 4 aromatic carbocycles. The van der Waals surface area contributed by atoms with Crippen molar-refractivity contribution in [1.29, 1.82) is 0 Å². The third-order valence-corrected chi connectivity index (χ3v) is 7.96. The second kappa shape index (κ2) is 16.3. The quantitative estimate of drug-likeness (QED) is 0.0964. The number of aromatic nitrogens is 1. The number of methoxy groups -OCH3 is 5. The highest BCUT2D eigenvalue weighted by molar-refractivity contribution is 5.77. The van der Waals surface area contributed by atoms with Gasteiger partial charge in [-0.25, -0.2) is 0 Å². The lowest BCUT2D eigenvalue weighted by molar-refractivity contribution is 0.377. The molecule has 0 saturated carbocycles. The first-order valence-electron chi connectivity index (χ1n) is 16.0. The summed E-state index contributed by atoms with van der Waals surface area (Å²) in [6, 6.07) is 27.0. The van der Waals surface area contributed by atoms with E-state index in [2.05, 4.69) is 22.7 Å². The molecule has 0 radical (unpaired) electrons. The Labute approximate surface area is 285 Å². The average Bonchev–Trinajstić information content (AvgIpc) is 3.44. The molecule has 0 aliphatic heterocycles. The molecular weight excluding hydrogens is 622 g/mol. The first kappa shape index (κ1) is 34.5. The van der Waals surface area contributed by atoms with E-state index in [9.17, 15) is 4.79 Å².